The fourth-order valence-corrected chi connectivity index (χ4v) is 1.66. The van der Waals surface area contributed by atoms with Gasteiger partial charge >= 0.3 is 0 Å². The molecule has 0 spiro atoms. The molecule has 1 aliphatic heterocycles. The van der Waals surface area contributed by atoms with Crippen LogP contribution in [-0.4, -0.2) is 11.5 Å². The van der Waals surface area contributed by atoms with Crippen LogP contribution in [0.4, 0.5) is 4.39 Å². The second-order valence-electron chi connectivity index (χ2n) is 3.69. The second kappa shape index (κ2) is 3.81. The molecular formula is C11H12FN3. The summed E-state index contributed by atoms with van der Waals surface area (Å²) < 4.78 is 13.0. The van der Waals surface area contributed by atoms with E-state index in [2.05, 4.69) is 10.2 Å². The van der Waals surface area contributed by atoms with Crippen LogP contribution in [0.25, 0.3) is 0 Å². The van der Waals surface area contributed by atoms with Gasteiger partial charge in [0.15, 0.2) is 0 Å². The normalized spacial score (nSPS) is 20.8. The third kappa shape index (κ3) is 2.03. The summed E-state index contributed by atoms with van der Waals surface area (Å²) >= 11 is 0. The van der Waals surface area contributed by atoms with E-state index >= 15 is 0 Å². The van der Waals surface area contributed by atoms with Gasteiger partial charge in [0.25, 0.3) is 0 Å². The summed E-state index contributed by atoms with van der Waals surface area (Å²) in [6, 6.07) is 6.37. The van der Waals surface area contributed by atoms with Gasteiger partial charge in [-0.1, -0.05) is 19.1 Å². The van der Waals surface area contributed by atoms with Crippen LogP contribution in [0.2, 0.25) is 0 Å². The molecule has 2 rings (SSSR count). The van der Waals surface area contributed by atoms with E-state index in [4.69, 9.17) is 5.73 Å². The maximum absolute atomic E-state index is 13.0. The Morgan fingerprint density at radius 3 is 2.87 bits per heavy atom. The van der Waals surface area contributed by atoms with Gasteiger partial charge in [-0.25, -0.2) is 4.39 Å². The summed E-state index contributed by atoms with van der Waals surface area (Å²) in [5.41, 5.74) is 7.14. The van der Waals surface area contributed by atoms with Crippen LogP contribution < -0.4 is 5.73 Å². The topological polar surface area (TPSA) is 50.7 Å². The van der Waals surface area contributed by atoms with Crippen LogP contribution in [0.5, 0.6) is 0 Å². The highest BCUT2D eigenvalue weighted by atomic mass is 19.1. The zero-order valence-electron chi connectivity index (χ0n) is 8.44. The van der Waals surface area contributed by atoms with E-state index in [9.17, 15) is 4.39 Å². The number of nitrogens with two attached hydrogens (primary N) is 1. The lowest BCUT2D eigenvalue weighted by atomic mass is 9.94. The van der Waals surface area contributed by atoms with Gasteiger partial charge in [-0.2, -0.15) is 5.10 Å². The van der Waals surface area contributed by atoms with Gasteiger partial charge in [0.05, 0.1) is 5.71 Å². The molecule has 0 aromatic heterocycles. The van der Waals surface area contributed by atoms with E-state index in [-0.39, 0.29) is 11.7 Å². The Labute approximate surface area is 87.5 Å². The van der Waals surface area contributed by atoms with Crippen LogP contribution in [0.3, 0.4) is 0 Å². The lowest BCUT2D eigenvalue weighted by molar-refractivity contribution is 0.627. The number of halogens is 1. The first-order valence-corrected chi connectivity index (χ1v) is 4.82. The van der Waals surface area contributed by atoms with Crippen molar-refractivity contribution in [2.75, 3.05) is 0 Å². The van der Waals surface area contributed by atoms with E-state index in [1.165, 1.54) is 12.1 Å². The van der Waals surface area contributed by atoms with Crippen molar-refractivity contribution in [3.63, 3.8) is 0 Å². The summed E-state index contributed by atoms with van der Waals surface area (Å²) in [5, 5.41) is 7.84. The lowest BCUT2D eigenvalue weighted by Crippen LogP contribution is -2.25. The zero-order chi connectivity index (χ0) is 10.8. The summed E-state index contributed by atoms with van der Waals surface area (Å²) in [6.07, 6.45) is 0.676. The van der Waals surface area contributed by atoms with E-state index < -0.39 is 0 Å². The van der Waals surface area contributed by atoms with Crippen LogP contribution in [0.15, 0.2) is 34.5 Å². The molecule has 78 valence electrons. The summed E-state index contributed by atoms with van der Waals surface area (Å²) in [4.78, 5) is 0. The fourth-order valence-electron chi connectivity index (χ4n) is 1.66. The number of hydrogen-bond donors (Lipinski definition) is 1. The van der Waals surface area contributed by atoms with Crippen molar-refractivity contribution in [1.29, 1.82) is 0 Å². The van der Waals surface area contributed by atoms with Gasteiger partial charge in [-0.3, -0.25) is 0 Å². The minimum Gasteiger partial charge on any atom is -0.386 e. The molecule has 0 saturated carbocycles. The molecule has 0 saturated heterocycles. The van der Waals surface area contributed by atoms with Gasteiger partial charge < -0.3 is 5.73 Å². The minimum absolute atomic E-state index is 0.185. The fraction of sp³-hybridized carbons (Fsp3) is 0.273. The first-order chi connectivity index (χ1) is 7.16. The minimum atomic E-state index is -0.259. The molecule has 1 aromatic rings. The Morgan fingerprint density at radius 1 is 1.40 bits per heavy atom. The largest absolute Gasteiger partial charge is 0.386 e. The van der Waals surface area contributed by atoms with Crippen molar-refractivity contribution in [2.45, 2.75) is 13.3 Å². The van der Waals surface area contributed by atoms with Crippen molar-refractivity contribution in [3.05, 3.63) is 35.6 Å². The Bertz CT molecular complexity index is 437. The first-order valence-electron chi connectivity index (χ1n) is 4.82. The van der Waals surface area contributed by atoms with Crippen LogP contribution in [-0.2, 0) is 0 Å². The number of benzene rings is 1. The highest BCUT2D eigenvalue weighted by Crippen LogP contribution is 2.17. The summed E-state index contributed by atoms with van der Waals surface area (Å²) in [7, 11) is 0. The van der Waals surface area contributed by atoms with Crippen molar-refractivity contribution < 1.29 is 4.39 Å². The number of hydrogen-bond acceptors (Lipinski definition) is 3. The molecular weight excluding hydrogens is 193 g/mol. The first kappa shape index (κ1) is 9.83. The Hall–Kier alpha value is -1.71. The average Bonchev–Trinajstić information content (AvgIpc) is 2.17. The third-order valence-corrected chi connectivity index (χ3v) is 2.39. The molecule has 2 N–H and O–H groups in total. The van der Waals surface area contributed by atoms with Gasteiger partial charge in [-0.05, 0) is 12.1 Å². The zero-order valence-corrected chi connectivity index (χ0v) is 8.44. The average molecular weight is 205 g/mol. The molecule has 1 unspecified atom stereocenters. The number of nitrogens with zero attached hydrogens (tertiary/aromatic N) is 2. The van der Waals surface area contributed by atoms with Crippen molar-refractivity contribution >= 4 is 11.5 Å². The van der Waals surface area contributed by atoms with Crippen LogP contribution >= 0.6 is 0 Å². The SMILES string of the molecule is CC1CC(N)=NN=C1c1cccc(F)c1. The Morgan fingerprint density at radius 2 is 2.20 bits per heavy atom. The molecule has 1 aromatic carbocycles. The molecule has 1 atom stereocenters. The summed E-state index contributed by atoms with van der Waals surface area (Å²) in [6.45, 7) is 2.01. The Kier molecular flexibility index (Phi) is 2.49. The number of rotatable bonds is 1. The Balaban J connectivity index is 2.39. The smallest absolute Gasteiger partial charge is 0.123 e. The van der Waals surface area contributed by atoms with Gasteiger partial charge in [0.1, 0.15) is 11.7 Å². The molecule has 15 heavy (non-hydrogen) atoms. The molecule has 1 heterocycles. The third-order valence-electron chi connectivity index (χ3n) is 2.39. The predicted octanol–water partition coefficient (Wildman–Crippen LogP) is 1.93. The van der Waals surface area contributed by atoms with Crippen LogP contribution in [0, 0.1) is 11.7 Å². The van der Waals surface area contributed by atoms with Gasteiger partial charge in [0.2, 0.25) is 0 Å². The van der Waals surface area contributed by atoms with E-state index in [0.29, 0.717) is 12.3 Å². The molecule has 3 nitrogen and oxygen atoms in total. The molecule has 0 radical (unpaired) electrons. The highest BCUT2D eigenvalue weighted by Gasteiger charge is 2.18. The monoisotopic (exact) mass is 205 g/mol. The molecule has 0 amide bonds. The standard InChI is InChI=1S/C11H12FN3/c1-7-5-10(13)14-15-11(7)8-3-2-4-9(12)6-8/h2-4,6-7H,5H2,1H3,(H2,13,14). The highest BCUT2D eigenvalue weighted by molar-refractivity contribution is 6.05. The van der Waals surface area contributed by atoms with E-state index in [0.717, 1.165) is 11.3 Å². The van der Waals surface area contributed by atoms with Crippen LogP contribution in [0.1, 0.15) is 18.9 Å². The molecule has 0 aliphatic carbocycles. The maximum atomic E-state index is 13.0. The second-order valence-corrected chi connectivity index (χ2v) is 3.69. The van der Waals surface area contributed by atoms with E-state index in [1.807, 2.05) is 13.0 Å². The predicted molar refractivity (Wildman–Crippen MR) is 58.3 cm³/mol. The summed E-state index contributed by atoms with van der Waals surface area (Å²) in [5.74, 6) is 0.455. The maximum Gasteiger partial charge on any atom is 0.123 e. The van der Waals surface area contributed by atoms with E-state index in [1.54, 1.807) is 6.07 Å². The molecule has 0 fully saturated rings. The molecule has 0 bridgehead atoms. The van der Waals surface area contributed by atoms with Crippen molar-refractivity contribution in [2.24, 2.45) is 21.9 Å². The van der Waals surface area contributed by atoms with Gasteiger partial charge in [0, 0.05) is 17.9 Å². The van der Waals surface area contributed by atoms with Crippen molar-refractivity contribution in [3.8, 4) is 0 Å². The van der Waals surface area contributed by atoms with Crippen molar-refractivity contribution in [1.82, 2.24) is 0 Å². The quantitative estimate of drug-likeness (QED) is 0.748. The lowest BCUT2D eigenvalue weighted by Gasteiger charge is -2.17. The van der Waals surface area contributed by atoms with Gasteiger partial charge in [-0.15, -0.1) is 5.10 Å². The number of amidine groups is 1. The molecule has 4 heteroatoms. The molecule has 1 aliphatic rings.